The summed E-state index contributed by atoms with van der Waals surface area (Å²) < 4.78 is 5.62. The van der Waals surface area contributed by atoms with E-state index in [2.05, 4.69) is 33.9 Å². The standard InChI is InChI=1S/C15H19N3O/c1-2-10-19-14-7-6-12-15(17-14)13(11-16-12)18-8-4-3-5-9-18/h3-4,6-7,11,16H,2,5,8-10H2,1H3. The Balaban J connectivity index is 1.93. The number of nitrogens with one attached hydrogen (secondary N) is 1. The largest absolute Gasteiger partial charge is 0.478 e. The Kier molecular flexibility index (Phi) is 3.40. The average Bonchev–Trinajstić information content (AvgIpc) is 2.89. The van der Waals surface area contributed by atoms with E-state index in [0.29, 0.717) is 12.5 Å². The molecule has 3 heterocycles. The second-order valence-electron chi connectivity index (χ2n) is 4.77. The third-order valence-corrected chi connectivity index (χ3v) is 3.33. The molecule has 1 aliphatic heterocycles. The van der Waals surface area contributed by atoms with Gasteiger partial charge in [0.1, 0.15) is 5.52 Å². The van der Waals surface area contributed by atoms with Gasteiger partial charge in [0.25, 0.3) is 0 Å². The highest BCUT2D eigenvalue weighted by molar-refractivity contribution is 5.89. The van der Waals surface area contributed by atoms with Gasteiger partial charge in [-0.15, -0.1) is 0 Å². The third-order valence-electron chi connectivity index (χ3n) is 3.33. The maximum absolute atomic E-state index is 5.62. The molecule has 0 saturated carbocycles. The van der Waals surface area contributed by atoms with Crippen molar-refractivity contribution in [2.45, 2.75) is 19.8 Å². The lowest BCUT2D eigenvalue weighted by molar-refractivity contribution is 0.306. The van der Waals surface area contributed by atoms with E-state index in [1.807, 2.05) is 18.3 Å². The Morgan fingerprint density at radius 1 is 1.37 bits per heavy atom. The summed E-state index contributed by atoms with van der Waals surface area (Å²) in [6, 6.07) is 3.96. The molecule has 19 heavy (non-hydrogen) atoms. The van der Waals surface area contributed by atoms with Crippen molar-refractivity contribution in [3.05, 3.63) is 30.5 Å². The summed E-state index contributed by atoms with van der Waals surface area (Å²) in [4.78, 5) is 10.3. The highest BCUT2D eigenvalue weighted by Gasteiger charge is 2.14. The zero-order valence-corrected chi connectivity index (χ0v) is 11.2. The summed E-state index contributed by atoms with van der Waals surface area (Å²) in [7, 11) is 0. The number of anilines is 1. The SMILES string of the molecule is CCCOc1ccc2[nH]cc(N3CC=CCC3)c2n1. The summed E-state index contributed by atoms with van der Waals surface area (Å²) in [6.45, 7) is 4.81. The summed E-state index contributed by atoms with van der Waals surface area (Å²) in [5, 5.41) is 0. The Morgan fingerprint density at radius 2 is 2.32 bits per heavy atom. The van der Waals surface area contributed by atoms with E-state index >= 15 is 0 Å². The number of ether oxygens (including phenoxy) is 1. The molecule has 4 heteroatoms. The van der Waals surface area contributed by atoms with Gasteiger partial charge in [0.2, 0.25) is 5.88 Å². The number of H-pyrrole nitrogens is 1. The van der Waals surface area contributed by atoms with Crippen molar-refractivity contribution in [2.24, 2.45) is 0 Å². The fraction of sp³-hybridized carbons (Fsp3) is 0.400. The lowest BCUT2D eigenvalue weighted by atomic mass is 10.2. The van der Waals surface area contributed by atoms with Crippen molar-refractivity contribution in [3.8, 4) is 5.88 Å². The van der Waals surface area contributed by atoms with Gasteiger partial charge in [-0.1, -0.05) is 19.1 Å². The maximum atomic E-state index is 5.62. The molecule has 4 nitrogen and oxygen atoms in total. The molecule has 1 N–H and O–H groups in total. The van der Waals surface area contributed by atoms with E-state index in [9.17, 15) is 0 Å². The minimum atomic E-state index is 0.711. The lowest BCUT2D eigenvalue weighted by Gasteiger charge is -2.24. The molecule has 0 aromatic carbocycles. The van der Waals surface area contributed by atoms with Crippen molar-refractivity contribution < 1.29 is 4.74 Å². The van der Waals surface area contributed by atoms with Crippen LogP contribution in [0.25, 0.3) is 11.0 Å². The quantitative estimate of drug-likeness (QED) is 0.856. The molecule has 0 spiro atoms. The second kappa shape index (κ2) is 5.34. The van der Waals surface area contributed by atoms with E-state index in [-0.39, 0.29) is 0 Å². The second-order valence-corrected chi connectivity index (χ2v) is 4.77. The van der Waals surface area contributed by atoms with E-state index in [1.54, 1.807) is 0 Å². The van der Waals surface area contributed by atoms with Gasteiger partial charge in [0.15, 0.2) is 0 Å². The van der Waals surface area contributed by atoms with E-state index in [0.717, 1.165) is 37.0 Å². The molecule has 0 aliphatic carbocycles. The van der Waals surface area contributed by atoms with Gasteiger partial charge in [-0.25, -0.2) is 4.98 Å². The molecule has 0 radical (unpaired) electrons. The summed E-state index contributed by atoms with van der Waals surface area (Å²) in [5.74, 6) is 0.711. The van der Waals surface area contributed by atoms with Crippen LogP contribution in [0.15, 0.2) is 30.5 Å². The minimum Gasteiger partial charge on any atom is -0.478 e. The molecule has 100 valence electrons. The first-order valence-corrected chi connectivity index (χ1v) is 6.89. The Hall–Kier alpha value is -1.97. The fourth-order valence-electron chi connectivity index (χ4n) is 2.36. The molecule has 0 fully saturated rings. The highest BCUT2D eigenvalue weighted by atomic mass is 16.5. The van der Waals surface area contributed by atoms with E-state index < -0.39 is 0 Å². The van der Waals surface area contributed by atoms with Gasteiger partial charge in [-0.2, -0.15) is 0 Å². The first kappa shape index (κ1) is 12.1. The molecule has 0 atom stereocenters. The Morgan fingerprint density at radius 3 is 3.11 bits per heavy atom. The van der Waals surface area contributed by atoms with Crippen LogP contribution < -0.4 is 9.64 Å². The van der Waals surface area contributed by atoms with Crippen LogP contribution in [0.4, 0.5) is 5.69 Å². The van der Waals surface area contributed by atoms with Crippen LogP contribution in [0.3, 0.4) is 0 Å². The summed E-state index contributed by atoms with van der Waals surface area (Å²) >= 11 is 0. The lowest BCUT2D eigenvalue weighted by Crippen LogP contribution is -2.26. The Labute approximate surface area is 113 Å². The van der Waals surface area contributed by atoms with Crippen molar-refractivity contribution >= 4 is 16.7 Å². The van der Waals surface area contributed by atoms with Gasteiger partial charge in [-0.3, -0.25) is 0 Å². The van der Waals surface area contributed by atoms with Crippen molar-refractivity contribution in [1.29, 1.82) is 0 Å². The predicted octanol–water partition coefficient (Wildman–Crippen LogP) is 3.12. The number of aromatic amines is 1. The average molecular weight is 257 g/mol. The van der Waals surface area contributed by atoms with Crippen LogP contribution in [0.5, 0.6) is 5.88 Å². The van der Waals surface area contributed by atoms with Gasteiger partial charge in [0, 0.05) is 25.4 Å². The molecule has 2 aromatic rings. The van der Waals surface area contributed by atoms with Crippen LogP contribution in [0, 0.1) is 0 Å². The molecule has 0 amide bonds. The summed E-state index contributed by atoms with van der Waals surface area (Å²) in [5.41, 5.74) is 3.23. The maximum Gasteiger partial charge on any atom is 0.213 e. The molecule has 0 unspecified atom stereocenters. The third kappa shape index (κ3) is 2.43. The van der Waals surface area contributed by atoms with Crippen molar-refractivity contribution in [2.75, 3.05) is 24.6 Å². The summed E-state index contributed by atoms with van der Waals surface area (Å²) in [6.07, 6.45) is 8.57. The first-order valence-electron chi connectivity index (χ1n) is 6.89. The topological polar surface area (TPSA) is 41.1 Å². The van der Waals surface area contributed by atoms with Crippen LogP contribution in [-0.2, 0) is 0 Å². The van der Waals surface area contributed by atoms with Crippen LogP contribution in [0.1, 0.15) is 19.8 Å². The fourth-order valence-corrected chi connectivity index (χ4v) is 2.36. The zero-order chi connectivity index (χ0) is 13.1. The number of aromatic nitrogens is 2. The number of rotatable bonds is 4. The van der Waals surface area contributed by atoms with Crippen molar-refractivity contribution in [3.63, 3.8) is 0 Å². The highest BCUT2D eigenvalue weighted by Crippen LogP contribution is 2.28. The number of fused-ring (bicyclic) bond motifs is 1. The molecular weight excluding hydrogens is 238 g/mol. The van der Waals surface area contributed by atoms with Crippen molar-refractivity contribution in [1.82, 2.24) is 9.97 Å². The number of hydrogen-bond donors (Lipinski definition) is 1. The van der Waals surface area contributed by atoms with E-state index in [1.165, 1.54) is 5.69 Å². The smallest absolute Gasteiger partial charge is 0.213 e. The first-order chi connectivity index (χ1) is 9.38. The van der Waals surface area contributed by atoms with Gasteiger partial charge >= 0.3 is 0 Å². The van der Waals surface area contributed by atoms with Crippen LogP contribution >= 0.6 is 0 Å². The molecule has 0 saturated heterocycles. The monoisotopic (exact) mass is 257 g/mol. The number of nitrogens with zero attached hydrogens (tertiary/aromatic N) is 2. The molecule has 2 aromatic heterocycles. The number of hydrogen-bond acceptors (Lipinski definition) is 3. The van der Waals surface area contributed by atoms with Crippen LogP contribution in [0.2, 0.25) is 0 Å². The van der Waals surface area contributed by atoms with Crippen LogP contribution in [-0.4, -0.2) is 29.7 Å². The van der Waals surface area contributed by atoms with Gasteiger partial charge in [0.05, 0.1) is 17.8 Å². The molecule has 0 bridgehead atoms. The van der Waals surface area contributed by atoms with E-state index in [4.69, 9.17) is 4.74 Å². The zero-order valence-electron chi connectivity index (χ0n) is 11.2. The number of pyridine rings is 1. The Bertz CT molecular complexity index is 588. The predicted molar refractivity (Wildman–Crippen MR) is 77.8 cm³/mol. The van der Waals surface area contributed by atoms with Gasteiger partial charge < -0.3 is 14.6 Å². The molecule has 3 rings (SSSR count). The molecular formula is C15H19N3O. The minimum absolute atomic E-state index is 0.711. The molecule has 1 aliphatic rings. The normalized spacial score (nSPS) is 15.1. The van der Waals surface area contributed by atoms with Gasteiger partial charge in [-0.05, 0) is 18.9 Å².